The van der Waals surface area contributed by atoms with Gasteiger partial charge in [0, 0.05) is 5.02 Å². The molecule has 26 heavy (non-hydrogen) atoms. The Morgan fingerprint density at radius 3 is 2.46 bits per heavy atom. The number of benzene rings is 2. The molecule has 2 aromatic rings. The molecule has 2 aromatic carbocycles. The van der Waals surface area contributed by atoms with Gasteiger partial charge in [-0.1, -0.05) is 78.0 Å². The maximum absolute atomic E-state index is 12.9. The molecule has 0 aliphatic carbocycles. The minimum absolute atomic E-state index is 0.218. The predicted molar refractivity (Wildman–Crippen MR) is 108 cm³/mol. The van der Waals surface area contributed by atoms with Crippen molar-refractivity contribution < 1.29 is 14.7 Å². The highest BCUT2D eigenvalue weighted by molar-refractivity contribution is 8.26. The SMILES string of the molecule is O=C(O)CC(c1ccccc1)N1C(=O)C(=Cc2ccc(Cl)cc2)SC1=S. The molecule has 3 rings (SSSR count). The highest BCUT2D eigenvalue weighted by atomic mass is 35.5. The third kappa shape index (κ3) is 4.15. The number of carboxylic acid groups (broad SMARTS) is 1. The smallest absolute Gasteiger partial charge is 0.305 e. The third-order valence-electron chi connectivity index (χ3n) is 3.86. The first-order valence-electron chi connectivity index (χ1n) is 7.75. The van der Waals surface area contributed by atoms with Gasteiger partial charge in [-0.05, 0) is 29.3 Å². The van der Waals surface area contributed by atoms with Crippen LogP contribution in [0.2, 0.25) is 5.02 Å². The molecule has 1 saturated heterocycles. The fourth-order valence-corrected chi connectivity index (χ4v) is 4.14. The molecule has 132 valence electrons. The molecule has 4 nitrogen and oxygen atoms in total. The lowest BCUT2D eigenvalue weighted by Crippen LogP contribution is -2.34. The summed E-state index contributed by atoms with van der Waals surface area (Å²) in [6.45, 7) is 0. The fourth-order valence-electron chi connectivity index (χ4n) is 2.66. The molecule has 1 amide bonds. The van der Waals surface area contributed by atoms with Gasteiger partial charge in [0.25, 0.3) is 5.91 Å². The van der Waals surface area contributed by atoms with Crippen molar-refractivity contribution in [2.45, 2.75) is 12.5 Å². The monoisotopic (exact) mass is 403 g/mol. The Kier molecular flexibility index (Phi) is 5.76. The van der Waals surface area contributed by atoms with Crippen LogP contribution >= 0.6 is 35.6 Å². The van der Waals surface area contributed by atoms with Crippen LogP contribution in [0, 0.1) is 0 Å². The minimum atomic E-state index is -0.991. The molecule has 1 N–H and O–H groups in total. The van der Waals surface area contributed by atoms with E-state index in [0.29, 0.717) is 14.2 Å². The number of thiocarbonyl (C=S) groups is 1. The Bertz CT molecular complexity index is 881. The van der Waals surface area contributed by atoms with Crippen molar-refractivity contribution in [1.29, 1.82) is 0 Å². The molecule has 1 aliphatic rings. The Balaban J connectivity index is 1.93. The van der Waals surface area contributed by atoms with Crippen LogP contribution in [0.25, 0.3) is 6.08 Å². The first kappa shape index (κ1) is 18.6. The van der Waals surface area contributed by atoms with E-state index in [9.17, 15) is 14.7 Å². The molecule has 1 heterocycles. The van der Waals surface area contributed by atoms with Gasteiger partial charge in [0.15, 0.2) is 0 Å². The van der Waals surface area contributed by atoms with Gasteiger partial charge in [0.2, 0.25) is 0 Å². The number of hydrogen-bond acceptors (Lipinski definition) is 4. The second-order valence-corrected chi connectivity index (χ2v) is 7.74. The summed E-state index contributed by atoms with van der Waals surface area (Å²) in [5.74, 6) is -1.28. The average molecular weight is 404 g/mol. The number of amides is 1. The lowest BCUT2D eigenvalue weighted by atomic mass is 10.0. The summed E-state index contributed by atoms with van der Waals surface area (Å²) in [7, 11) is 0. The van der Waals surface area contributed by atoms with Crippen LogP contribution < -0.4 is 0 Å². The summed E-state index contributed by atoms with van der Waals surface area (Å²) in [4.78, 5) is 26.1. The summed E-state index contributed by atoms with van der Waals surface area (Å²) < 4.78 is 0.352. The summed E-state index contributed by atoms with van der Waals surface area (Å²) in [5, 5.41) is 9.90. The molecule has 1 aliphatic heterocycles. The highest BCUT2D eigenvalue weighted by Gasteiger charge is 2.38. The van der Waals surface area contributed by atoms with Crippen molar-refractivity contribution in [2.24, 2.45) is 0 Å². The number of carboxylic acids is 1. The van der Waals surface area contributed by atoms with Crippen LogP contribution in [0.15, 0.2) is 59.5 Å². The number of rotatable bonds is 5. The minimum Gasteiger partial charge on any atom is -0.481 e. The van der Waals surface area contributed by atoms with E-state index >= 15 is 0 Å². The average Bonchev–Trinajstić information content (AvgIpc) is 2.89. The van der Waals surface area contributed by atoms with Crippen LogP contribution in [-0.2, 0) is 9.59 Å². The van der Waals surface area contributed by atoms with Gasteiger partial charge in [0.1, 0.15) is 4.32 Å². The normalized spacial score (nSPS) is 17.0. The largest absolute Gasteiger partial charge is 0.481 e. The van der Waals surface area contributed by atoms with E-state index in [0.717, 1.165) is 11.1 Å². The van der Waals surface area contributed by atoms with Crippen LogP contribution in [0.1, 0.15) is 23.6 Å². The van der Waals surface area contributed by atoms with E-state index in [2.05, 4.69) is 0 Å². The lowest BCUT2D eigenvalue weighted by Gasteiger charge is -2.26. The number of nitrogens with zero attached hydrogens (tertiary/aromatic N) is 1. The summed E-state index contributed by atoms with van der Waals surface area (Å²) in [6.07, 6.45) is 1.52. The zero-order chi connectivity index (χ0) is 18.7. The maximum atomic E-state index is 12.9. The highest BCUT2D eigenvalue weighted by Crippen LogP contribution is 2.39. The number of carbonyl (C=O) groups excluding carboxylic acids is 1. The molecule has 1 unspecified atom stereocenters. The van der Waals surface area contributed by atoms with E-state index in [1.165, 1.54) is 16.7 Å². The van der Waals surface area contributed by atoms with Crippen LogP contribution in [0.5, 0.6) is 0 Å². The quantitative estimate of drug-likeness (QED) is 0.576. The second kappa shape index (κ2) is 8.03. The van der Waals surface area contributed by atoms with Gasteiger partial charge < -0.3 is 5.11 Å². The van der Waals surface area contributed by atoms with Gasteiger partial charge in [-0.3, -0.25) is 14.5 Å². The van der Waals surface area contributed by atoms with Gasteiger partial charge in [0.05, 0.1) is 17.4 Å². The van der Waals surface area contributed by atoms with Crippen molar-refractivity contribution in [3.8, 4) is 0 Å². The Labute approximate surface area is 165 Å². The number of aliphatic carboxylic acids is 1. The number of thioether (sulfide) groups is 1. The fraction of sp³-hybridized carbons (Fsp3) is 0.105. The molecule has 0 aromatic heterocycles. The third-order valence-corrected chi connectivity index (χ3v) is 5.44. The Morgan fingerprint density at radius 1 is 1.19 bits per heavy atom. The number of hydrogen-bond donors (Lipinski definition) is 1. The number of halogens is 1. The Morgan fingerprint density at radius 2 is 1.85 bits per heavy atom. The molecular formula is C19H14ClNO3S2. The predicted octanol–water partition coefficient (Wildman–Crippen LogP) is 4.76. The van der Waals surface area contributed by atoms with Gasteiger partial charge >= 0.3 is 5.97 Å². The van der Waals surface area contributed by atoms with Gasteiger partial charge in [-0.2, -0.15) is 0 Å². The first-order valence-corrected chi connectivity index (χ1v) is 9.35. The molecule has 1 fully saturated rings. The van der Waals surface area contributed by atoms with Crippen molar-refractivity contribution in [3.05, 3.63) is 75.7 Å². The molecule has 0 spiro atoms. The zero-order valence-corrected chi connectivity index (χ0v) is 15.9. The van der Waals surface area contributed by atoms with Gasteiger partial charge in [-0.15, -0.1) is 0 Å². The number of carbonyl (C=O) groups is 2. The molecule has 0 saturated carbocycles. The van der Waals surface area contributed by atoms with Crippen LogP contribution in [-0.4, -0.2) is 26.2 Å². The first-order chi connectivity index (χ1) is 12.5. The van der Waals surface area contributed by atoms with E-state index in [1.807, 2.05) is 18.2 Å². The van der Waals surface area contributed by atoms with Crippen molar-refractivity contribution >= 4 is 57.9 Å². The maximum Gasteiger partial charge on any atom is 0.305 e. The molecule has 1 atom stereocenters. The lowest BCUT2D eigenvalue weighted by molar-refractivity contribution is -0.138. The molecular weight excluding hydrogens is 390 g/mol. The second-order valence-electron chi connectivity index (χ2n) is 5.63. The van der Waals surface area contributed by atoms with Crippen molar-refractivity contribution in [1.82, 2.24) is 4.90 Å². The molecule has 0 bridgehead atoms. The van der Waals surface area contributed by atoms with Crippen LogP contribution in [0.3, 0.4) is 0 Å². The van der Waals surface area contributed by atoms with Crippen LogP contribution in [0.4, 0.5) is 0 Å². The zero-order valence-electron chi connectivity index (χ0n) is 13.5. The topological polar surface area (TPSA) is 57.6 Å². The summed E-state index contributed by atoms with van der Waals surface area (Å²) >= 11 is 12.4. The Hall–Kier alpha value is -2.15. The summed E-state index contributed by atoms with van der Waals surface area (Å²) in [5.41, 5.74) is 1.56. The standard InChI is InChI=1S/C19H14ClNO3S2/c20-14-8-6-12(7-9-14)10-16-18(24)21(19(25)26-16)15(11-17(22)23)13-4-2-1-3-5-13/h1-10,15H,11H2,(H,22,23). The van der Waals surface area contributed by atoms with Crippen molar-refractivity contribution in [3.63, 3.8) is 0 Å². The van der Waals surface area contributed by atoms with E-state index in [-0.39, 0.29) is 12.3 Å². The van der Waals surface area contributed by atoms with Crippen molar-refractivity contribution in [2.75, 3.05) is 0 Å². The summed E-state index contributed by atoms with van der Waals surface area (Å²) in [6, 6.07) is 15.5. The van der Waals surface area contributed by atoms with E-state index in [4.69, 9.17) is 23.8 Å². The van der Waals surface area contributed by atoms with E-state index < -0.39 is 12.0 Å². The van der Waals surface area contributed by atoms with Gasteiger partial charge in [-0.25, -0.2) is 0 Å². The van der Waals surface area contributed by atoms with E-state index in [1.54, 1.807) is 42.5 Å². The molecule has 7 heteroatoms. The molecule has 0 radical (unpaired) electrons.